The molecular weight excluding hydrogens is 452 g/mol. The summed E-state index contributed by atoms with van der Waals surface area (Å²) in [6.07, 6.45) is 2.06. The van der Waals surface area contributed by atoms with Gasteiger partial charge in [-0.2, -0.15) is 0 Å². The average Bonchev–Trinajstić information content (AvgIpc) is 2.76. The highest BCUT2D eigenvalue weighted by Gasteiger charge is 2.20. The van der Waals surface area contributed by atoms with Gasteiger partial charge in [-0.3, -0.25) is 0 Å². The second-order valence-corrected chi connectivity index (χ2v) is 8.34. The van der Waals surface area contributed by atoms with Crippen LogP contribution in [0.15, 0.2) is 60.7 Å². The molecule has 0 fully saturated rings. The molecule has 32 heavy (non-hydrogen) atoms. The number of nitrogens with one attached hydrogen (secondary N) is 1. The first-order valence-corrected chi connectivity index (χ1v) is 10.6. The minimum Gasteiger partial charge on any atom is -0.478 e. The Morgan fingerprint density at radius 1 is 1.09 bits per heavy atom. The third kappa shape index (κ3) is 5.48. The molecule has 0 amide bonds. The summed E-state index contributed by atoms with van der Waals surface area (Å²) < 4.78 is 14.1. The first-order chi connectivity index (χ1) is 14.9. The lowest BCUT2D eigenvalue weighted by atomic mass is 9.86. The van der Waals surface area contributed by atoms with Gasteiger partial charge in [0.05, 0.1) is 11.7 Å². The molecule has 0 radical (unpaired) electrons. The van der Waals surface area contributed by atoms with Gasteiger partial charge in [-0.15, -0.1) is 12.4 Å². The van der Waals surface area contributed by atoms with Gasteiger partial charge in [0.15, 0.2) is 0 Å². The van der Waals surface area contributed by atoms with Gasteiger partial charge in [0.1, 0.15) is 5.82 Å². The fourth-order valence-corrected chi connectivity index (χ4v) is 4.29. The Kier molecular flexibility index (Phi) is 7.91. The monoisotopic (exact) mass is 475 g/mol. The van der Waals surface area contributed by atoms with Crippen LogP contribution in [0.2, 0.25) is 5.02 Å². The maximum atomic E-state index is 14.1. The Morgan fingerprint density at radius 3 is 2.56 bits per heavy atom. The summed E-state index contributed by atoms with van der Waals surface area (Å²) in [5, 5.41) is 23.5. The second-order valence-electron chi connectivity index (χ2n) is 7.90. The van der Waals surface area contributed by atoms with E-state index in [0.717, 1.165) is 30.4 Å². The van der Waals surface area contributed by atoms with Gasteiger partial charge in [0.25, 0.3) is 0 Å². The van der Waals surface area contributed by atoms with Crippen molar-refractivity contribution >= 4 is 30.0 Å². The molecule has 3 aromatic carbocycles. The molecule has 0 spiro atoms. The highest BCUT2D eigenvalue weighted by Crippen LogP contribution is 2.29. The van der Waals surface area contributed by atoms with Crippen LogP contribution in [-0.4, -0.2) is 28.8 Å². The molecule has 0 saturated carbocycles. The third-order valence-corrected chi connectivity index (χ3v) is 6.04. The molecule has 4 rings (SSSR count). The van der Waals surface area contributed by atoms with E-state index < -0.39 is 17.9 Å². The number of carbonyl (C=O) groups is 1. The van der Waals surface area contributed by atoms with E-state index in [4.69, 9.17) is 16.7 Å². The van der Waals surface area contributed by atoms with Crippen LogP contribution in [0.25, 0.3) is 11.1 Å². The highest BCUT2D eigenvalue weighted by atomic mass is 35.5. The normalized spacial score (nSPS) is 16.0. The van der Waals surface area contributed by atoms with Crippen molar-refractivity contribution in [2.24, 2.45) is 0 Å². The number of hydrogen-bond donors (Lipinski definition) is 3. The van der Waals surface area contributed by atoms with Crippen LogP contribution in [0.3, 0.4) is 0 Å². The van der Waals surface area contributed by atoms with Gasteiger partial charge >= 0.3 is 5.97 Å². The molecule has 0 unspecified atom stereocenters. The Balaban J connectivity index is 0.00000289. The summed E-state index contributed by atoms with van der Waals surface area (Å²) in [6.45, 7) is 0.432. The van der Waals surface area contributed by atoms with E-state index in [-0.39, 0.29) is 24.0 Å². The summed E-state index contributed by atoms with van der Waals surface area (Å²) >= 11 is 6.01. The molecule has 4 nitrogen and oxygen atoms in total. The molecular formula is C25H24Cl2FNO3. The van der Waals surface area contributed by atoms with Gasteiger partial charge in [-0.05, 0) is 71.3 Å². The van der Waals surface area contributed by atoms with Gasteiger partial charge in [-0.25, -0.2) is 9.18 Å². The van der Waals surface area contributed by atoms with Crippen molar-refractivity contribution in [2.45, 2.75) is 31.4 Å². The van der Waals surface area contributed by atoms with Crippen molar-refractivity contribution in [1.29, 1.82) is 0 Å². The number of benzene rings is 3. The molecule has 0 aliphatic heterocycles. The Hall–Kier alpha value is -2.44. The van der Waals surface area contributed by atoms with Crippen molar-refractivity contribution in [3.63, 3.8) is 0 Å². The fraction of sp³-hybridized carbons (Fsp3) is 0.240. The summed E-state index contributed by atoms with van der Waals surface area (Å²) in [4.78, 5) is 11.0. The molecule has 3 N–H and O–H groups in total. The molecule has 0 bridgehead atoms. The fourth-order valence-electron chi connectivity index (χ4n) is 4.09. The molecule has 1 aliphatic rings. The summed E-state index contributed by atoms with van der Waals surface area (Å²) in [6, 6.07) is 17.7. The van der Waals surface area contributed by atoms with Crippen LogP contribution in [0.4, 0.5) is 4.39 Å². The Bertz CT molecular complexity index is 1120. The second kappa shape index (κ2) is 10.5. The predicted molar refractivity (Wildman–Crippen MR) is 126 cm³/mol. The van der Waals surface area contributed by atoms with Gasteiger partial charge < -0.3 is 15.5 Å². The predicted octanol–water partition coefficient (Wildman–Crippen LogP) is 5.45. The summed E-state index contributed by atoms with van der Waals surface area (Å²) in [5.41, 5.74) is 4.40. The van der Waals surface area contributed by atoms with Crippen molar-refractivity contribution in [3.8, 4) is 11.1 Å². The van der Waals surface area contributed by atoms with E-state index in [0.29, 0.717) is 17.1 Å². The van der Waals surface area contributed by atoms with Crippen molar-refractivity contribution in [3.05, 3.63) is 93.8 Å². The van der Waals surface area contributed by atoms with Gasteiger partial charge in [-0.1, -0.05) is 48.0 Å². The van der Waals surface area contributed by atoms with Crippen LogP contribution in [0.1, 0.15) is 39.6 Å². The third-order valence-electron chi connectivity index (χ3n) is 5.80. The number of fused-ring (bicyclic) bond motifs is 1. The number of aliphatic hydroxyl groups is 1. The zero-order valence-corrected chi connectivity index (χ0v) is 18.8. The van der Waals surface area contributed by atoms with Crippen molar-refractivity contribution in [1.82, 2.24) is 5.32 Å². The molecule has 168 valence electrons. The largest absolute Gasteiger partial charge is 0.478 e. The van der Waals surface area contributed by atoms with Gasteiger partial charge in [0.2, 0.25) is 0 Å². The Morgan fingerprint density at radius 2 is 1.84 bits per heavy atom. The zero-order chi connectivity index (χ0) is 22.0. The van der Waals surface area contributed by atoms with E-state index in [1.165, 1.54) is 23.3 Å². The minimum atomic E-state index is -1.27. The standard InChI is InChI=1S/C25H23ClFNO3.ClH/c26-20-3-1-2-18(11-20)24(29)14-28-21-8-6-15-4-5-16(10-19(15)12-21)17-7-9-22(25(30)31)23(27)13-17;/h1-5,7,9-11,13,21,24,28-29H,6,8,12,14H2,(H,30,31);1H/t21-,24-;/m0./s1. The highest BCUT2D eigenvalue weighted by molar-refractivity contribution is 6.30. The lowest BCUT2D eigenvalue weighted by molar-refractivity contribution is 0.0692. The molecule has 7 heteroatoms. The van der Waals surface area contributed by atoms with Crippen LogP contribution in [0, 0.1) is 5.82 Å². The smallest absolute Gasteiger partial charge is 0.338 e. The summed E-state index contributed by atoms with van der Waals surface area (Å²) in [5.74, 6) is -2.01. The number of aryl methyl sites for hydroxylation is 1. The number of aliphatic hydroxyl groups excluding tert-OH is 1. The zero-order valence-electron chi connectivity index (χ0n) is 17.2. The van der Waals surface area contributed by atoms with Crippen LogP contribution < -0.4 is 5.32 Å². The van der Waals surface area contributed by atoms with Gasteiger partial charge in [0, 0.05) is 17.6 Å². The molecule has 0 aromatic heterocycles. The number of carboxylic acids is 1. The lowest BCUT2D eigenvalue weighted by Gasteiger charge is -2.27. The van der Waals surface area contributed by atoms with E-state index in [2.05, 4.69) is 11.4 Å². The SMILES string of the molecule is Cl.O=C(O)c1ccc(-c2ccc3c(c2)C[C@@H](NC[C@H](O)c2cccc(Cl)c2)CC3)cc1F. The number of aromatic carboxylic acids is 1. The number of hydrogen-bond acceptors (Lipinski definition) is 3. The number of rotatable bonds is 6. The maximum Gasteiger partial charge on any atom is 0.338 e. The quantitative estimate of drug-likeness (QED) is 0.443. The van der Waals surface area contributed by atoms with E-state index in [9.17, 15) is 14.3 Å². The van der Waals surface area contributed by atoms with E-state index in [1.54, 1.807) is 18.2 Å². The van der Waals surface area contributed by atoms with E-state index in [1.807, 2.05) is 24.3 Å². The minimum absolute atomic E-state index is 0. The average molecular weight is 476 g/mol. The lowest BCUT2D eigenvalue weighted by Crippen LogP contribution is -2.37. The molecule has 0 heterocycles. The van der Waals surface area contributed by atoms with Crippen molar-refractivity contribution in [2.75, 3.05) is 6.54 Å². The number of carboxylic acid groups (broad SMARTS) is 1. The molecule has 2 atom stereocenters. The topological polar surface area (TPSA) is 69.6 Å². The molecule has 3 aromatic rings. The summed E-state index contributed by atoms with van der Waals surface area (Å²) in [7, 11) is 0. The molecule has 0 saturated heterocycles. The number of halogens is 3. The first-order valence-electron chi connectivity index (χ1n) is 10.2. The van der Waals surface area contributed by atoms with Crippen LogP contribution >= 0.6 is 24.0 Å². The maximum absolute atomic E-state index is 14.1. The molecule has 1 aliphatic carbocycles. The first kappa shape index (κ1) is 24.2. The van der Waals surface area contributed by atoms with Crippen LogP contribution in [0.5, 0.6) is 0 Å². The van der Waals surface area contributed by atoms with E-state index >= 15 is 0 Å². The Labute approximate surface area is 197 Å². The van der Waals surface area contributed by atoms with Crippen LogP contribution in [-0.2, 0) is 12.8 Å². The van der Waals surface area contributed by atoms with Crippen molar-refractivity contribution < 1.29 is 19.4 Å².